The normalized spacial score (nSPS) is 11.5. The molecular weight excluding hydrogens is 414 g/mol. The Morgan fingerprint density at radius 2 is 1.37 bits per heavy atom. The van der Waals surface area contributed by atoms with Gasteiger partial charge in [0.05, 0.1) is 15.5 Å². The van der Waals surface area contributed by atoms with Crippen molar-refractivity contribution in [2.75, 3.05) is 4.72 Å². The van der Waals surface area contributed by atoms with E-state index in [4.69, 9.17) is 0 Å². The summed E-state index contributed by atoms with van der Waals surface area (Å²) in [5.74, 6) is 0.134. The van der Waals surface area contributed by atoms with Crippen LogP contribution in [0.4, 0.5) is 5.69 Å². The molecule has 30 heavy (non-hydrogen) atoms. The van der Waals surface area contributed by atoms with Crippen LogP contribution in [0.5, 0.6) is 5.75 Å². The van der Waals surface area contributed by atoms with Crippen molar-refractivity contribution in [3.05, 3.63) is 90.0 Å². The van der Waals surface area contributed by atoms with Gasteiger partial charge in [0.15, 0.2) is 0 Å². The van der Waals surface area contributed by atoms with Crippen molar-refractivity contribution in [3.8, 4) is 5.75 Å². The number of rotatable bonds is 5. The minimum absolute atomic E-state index is 0.134. The molecule has 4 nitrogen and oxygen atoms in total. The smallest absolute Gasteiger partial charge is 0.261 e. The Kier molecular flexibility index (Phi) is 5.45. The first kappa shape index (κ1) is 20.3. The van der Waals surface area contributed by atoms with E-state index >= 15 is 0 Å². The van der Waals surface area contributed by atoms with Crippen molar-refractivity contribution in [1.82, 2.24) is 0 Å². The Bertz CT molecular complexity index is 1310. The highest BCUT2D eigenvalue weighted by molar-refractivity contribution is 7.99. The number of phenols is 1. The quantitative estimate of drug-likeness (QED) is 0.371. The maximum absolute atomic E-state index is 13.0. The highest BCUT2D eigenvalue weighted by Crippen LogP contribution is 2.43. The lowest BCUT2D eigenvalue weighted by Gasteiger charge is -2.15. The third kappa shape index (κ3) is 4.15. The molecule has 4 aromatic carbocycles. The van der Waals surface area contributed by atoms with Crippen LogP contribution in [-0.4, -0.2) is 13.5 Å². The van der Waals surface area contributed by atoms with Crippen LogP contribution in [-0.2, 0) is 10.0 Å². The summed E-state index contributed by atoms with van der Waals surface area (Å²) in [6.07, 6.45) is 0. The maximum atomic E-state index is 13.0. The van der Waals surface area contributed by atoms with Gasteiger partial charge in [0, 0.05) is 15.7 Å². The van der Waals surface area contributed by atoms with Gasteiger partial charge in [0.2, 0.25) is 0 Å². The molecule has 0 aliphatic heterocycles. The molecule has 0 atom stereocenters. The van der Waals surface area contributed by atoms with E-state index in [0.29, 0.717) is 21.4 Å². The van der Waals surface area contributed by atoms with Crippen LogP contribution in [0.15, 0.2) is 93.5 Å². The number of aryl methyl sites for hydroxylation is 2. The second-order valence-electron chi connectivity index (χ2n) is 7.15. The van der Waals surface area contributed by atoms with Crippen molar-refractivity contribution in [2.24, 2.45) is 0 Å². The molecule has 2 N–H and O–H groups in total. The maximum Gasteiger partial charge on any atom is 0.261 e. The van der Waals surface area contributed by atoms with Crippen molar-refractivity contribution in [2.45, 2.75) is 28.5 Å². The monoisotopic (exact) mass is 435 g/mol. The molecule has 0 radical (unpaired) electrons. The van der Waals surface area contributed by atoms with Gasteiger partial charge < -0.3 is 5.11 Å². The summed E-state index contributed by atoms with van der Waals surface area (Å²) in [4.78, 5) is 1.73. The topological polar surface area (TPSA) is 66.4 Å². The number of benzene rings is 4. The van der Waals surface area contributed by atoms with Crippen molar-refractivity contribution < 1.29 is 13.5 Å². The standard InChI is InChI=1S/C24H21NO3S2/c1-16-7-11-18(12-8-16)29-23-15-22(20-5-3-4-6-21(20)24(23)26)25-30(27,28)19-13-9-17(2)10-14-19/h3-15,25-26H,1-2H3. The molecule has 0 aliphatic rings. The second-order valence-corrected chi connectivity index (χ2v) is 9.95. The first-order valence-electron chi connectivity index (χ1n) is 9.42. The van der Waals surface area contributed by atoms with Crippen LogP contribution < -0.4 is 4.72 Å². The lowest BCUT2D eigenvalue weighted by molar-refractivity contribution is 0.469. The molecule has 4 aromatic rings. The van der Waals surface area contributed by atoms with Crippen molar-refractivity contribution in [3.63, 3.8) is 0 Å². The van der Waals surface area contributed by atoms with Crippen LogP contribution in [0.3, 0.4) is 0 Å². The Balaban J connectivity index is 1.79. The zero-order valence-electron chi connectivity index (χ0n) is 16.6. The molecule has 0 spiro atoms. The summed E-state index contributed by atoms with van der Waals surface area (Å²) in [7, 11) is -3.77. The number of sulfonamides is 1. The zero-order chi connectivity index (χ0) is 21.3. The number of phenolic OH excluding ortho intramolecular Hbond substituents is 1. The minimum Gasteiger partial charge on any atom is -0.506 e. The molecular formula is C24H21NO3S2. The molecule has 0 amide bonds. The van der Waals surface area contributed by atoms with Gasteiger partial charge in [0.1, 0.15) is 5.75 Å². The Morgan fingerprint density at radius 1 is 0.800 bits per heavy atom. The minimum atomic E-state index is -3.77. The van der Waals surface area contributed by atoms with Gasteiger partial charge in [-0.2, -0.15) is 0 Å². The van der Waals surface area contributed by atoms with Gasteiger partial charge in [-0.25, -0.2) is 8.42 Å². The summed E-state index contributed by atoms with van der Waals surface area (Å²) >= 11 is 1.39. The molecule has 0 fully saturated rings. The summed E-state index contributed by atoms with van der Waals surface area (Å²) < 4.78 is 28.6. The number of hydrogen-bond acceptors (Lipinski definition) is 4. The van der Waals surface area contributed by atoms with E-state index in [1.54, 1.807) is 42.5 Å². The second kappa shape index (κ2) is 8.05. The van der Waals surface area contributed by atoms with E-state index in [9.17, 15) is 13.5 Å². The van der Waals surface area contributed by atoms with Gasteiger partial charge in [-0.3, -0.25) is 4.72 Å². The molecule has 0 aromatic heterocycles. The van der Waals surface area contributed by atoms with Crippen LogP contribution in [0.2, 0.25) is 0 Å². The van der Waals surface area contributed by atoms with Crippen LogP contribution in [0, 0.1) is 13.8 Å². The Morgan fingerprint density at radius 3 is 2.00 bits per heavy atom. The highest BCUT2D eigenvalue weighted by atomic mass is 32.2. The van der Waals surface area contributed by atoms with Crippen LogP contribution >= 0.6 is 11.8 Å². The first-order chi connectivity index (χ1) is 14.3. The predicted molar refractivity (Wildman–Crippen MR) is 123 cm³/mol. The van der Waals surface area contributed by atoms with Gasteiger partial charge in [0.25, 0.3) is 10.0 Å². The van der Waals surface area contributed by atoms with Crippen LogP contribution in [0.1, 0.15) is 11.1 Å². The Labute approximate surface area is 180 Å². The zero-order valence-corrected chi connectivity index (χ0v) is 18.2. The van der Waals surface area contributed by atoms with E-state index in [-0.39, 0.29) is 10.6 Å². The van der Waals surface area contributed by atoms with E-state index < -0.39 is 10.0 Å². The fourth-order valence-electron chi connectivity index (χ4n) is 3.15. The van der Waals surface area contributed by atoms with E-state index in [0.717, 1.165) is 16.0 Å². The van der Waals surface area contributed by atoms with Crippen molar-refractivity contribution >= 4 is 38.2 Å². The molecule has 152 valence electrons. The average Bonchev–Trinajstić information content (AvgIpc) is 2.73. The van der Waals surface area contributed by atoms with Crippen LogP contribution in [0.25, 0.3) is 10.8 Å². The molecule has 0 bridgehead atoms. The third-order valence-corrected chi connectivity index (χ3v) is 7.23. The number of nitrogens with one attached hydrogen (secondary N) is 1. The number of hydrogen-bond donors (Lipinski definition) is 2. The van der Waals surface area contributed by atoms with E-state index in [2.05, 4.69) is 4.72 Å². The summed E-state index contributed by atoms with van der Waals surface area (Å²) in [6, 6.07) is 23.6. The number of anilines is 1. The molecule has 0 saturated heterocycles. The fourth-order valence-corrected chi connectivity index (χ4v) is 5.13. The summed E-state index contributed by atoms with van der Waals surface area (Å²) in [5.41, 5.74) is 2.56. The molecule has 0 aliphatic carbocycles. The predicted octanol–water partition coefficient (Wildman–Crippen LogP) is 6.11. The molecule has 6 heteroatoms. The lowest BCUT2D eigenvalue weighted by atomic mass is 10.1. The summed E-state index contributed by atoms with van der Waals surface area (Å²) in [5, 5.41) is 12.1. The number of fused-ring (bicyclic) bond motifs is 1. The van der Waals surface area contributed by atoms with Gasteiger partial charge in [-0.05, 0) is 44.2 Å². The lowest BCUT2D eigenvalue weighted by Crippen LogP contribution is -2.13. The first-order valence-corrected chi connectivity index (χ1v) is 11.7. The third-order valence-electron chi connectivity index (χ3n) is 4.81. The summed E-state index contributed by atoms with van der Waals surface area (Å²) in [6.45, 7) is 3.92. The molecule has 0 saturated carbocycles. The average molecular weight is 436 g/mol. The Hall–Kier alpha value is -2.96. The van der Waals surface area contributed by atoms with Gasteiger partial charge in [-0.1, -0.05) is 71.4 Å². The van der Waals surface area contributed by atoms with Gasteiger partial charge >= 0.3 is 0 Å². The molecule has 4 rings (SSSR count). The van der Waals surface area contributed by atoms with E-state index in [1.807, 2.05) is 50.2 Å². The molecule has 0 unspecified atom stereocenters. The number of aromatic hydroxyl groups is 1. The molecule has 0 heterocycles. The SMILES string of the molecule is Cc1ccc(Sc2cc(NS(=O)(=O)c3ccc(C)cc3)c3ccccc3c2O)cc1. The van der Waals surface area contributed by atoms with E-state index in [1.165, 1.54) is 11.8 Å². The highest BCUT2D eigenvalue weighted by Gasteiger charge is 2.18. The van der Waals surface area contributed by atoms with Crippen molar-refractivity contribution in [1.29, 1.82) is 0 Å². The fraction of sp³-hybridized carbons (Fsp3) is 0.0833. The largest absolute Gasteiger partial charge is 0.506 e. The van der Waals surface area contributed by atoms with Gasteiger partial charge in [-0.15, -0.1) is 0 Å².